The number of alkyl halides is 6. The van der Waals surface area contributed by atoms with Gasteiger partial charge in [0, 0.05) is 18.9 Å². The highest BCUT2D eigenvalue weighted by Crippen LogP contribution is 2.42. The number of hydrogen-bond donors (Lipinski definition) is 5. The Hall–Kier alpha value is -5.72. The maximum atomic E-state index is 13.4. The Labute approximate surface area is 365 Å². The van der Waals surface area contributed by atoms with Crippen molar-refractivity contribution < 1.29 is 45.5 Å². The predicted octanol–water partition coefficient (Wildman–Crippen LogP) is 7.81. The fourth-order valence-corrected chi connectivity index (χ4v) is 7.77. The number of nitrogens with two attached hydrogens (primary N) is 2. The number of pyridine rings is 2. The van der Waals surface area contributed by atoms with Crippen LogP contribution in [0.3, 0.4) is 0 Å². The molecule has 5 aromatic rings. The standard InChI is InChI=1S/C19H22F3N5O2S.C17H12Cl2F3N7O2S/c1-10-14(11-6-7-24-13(9-11)18(2,3)19(20,21)22)30-16(25-10)26-17(29)27-8-4-5-12(27)15(23)28;1-6(28-15(31)12-11(19)13(23)27-5-26-12)16-25-4-9(32-16)14(30)29-10-2-7(17(20,21)22)8(18)3-24-10/h6-7,9,12H,4-5,8H2,1-3H3,(H2,23,28)(H,25,26,29);2-6H,1H3,(H,28,31)(H2,23,26,27)(H,24,29,30)/t;6-/m.1/s1. The first kappa shape index (κ1) is 47.3. The number of rotatable bonds is 9. The van der Waals surface area contributed by atoms with Gasteiger partial charge in [-0.3, -0.25) is 24.7 Å². The average Bonchev–Trinajstić information content (AvgIpc) is 3.97. The predicted molar refractivity (Wildman–Crippen MR) is 219 cm³/mol. The number of nitrogens with zero attached hydrogens (tertiary/aromatic N) is 7. The lowest BCUT2D eigenvalue weighted by atomic mass is 9.87. The van der Waals surface area contributed by atoms with E-state index >= 15 is 0 Å². The number of hydrogen-bond acceptors (Lipinski definition) is 13. The van der Waals surface area contributed by atoms with E-state index in [1.165, 1.54) is 23.4 Å². The van der Waals surface area contributed by atoms with Crippen molar-refractivity contribution in [1.82, 2.24) is 40.1 Å². The van der Waals surface area contributed by atoms with Gasteiger partial charge in [-0.05, 0) is 64.3 Å². The molecule has 7 N–H and O–H groups in total. The zero-order chi connectivity index (χ0) is 45.9. The molecule has 5 amide bonds. The number of nitrogen functional groups attached to an aromatic ring is 1. The number of aromatic nitrogens is 6. The molecule has 6 heterocycles. The second-order valence-electron chi connectivity index (χ2n) is 13.9. The second-order valence-corrected chi connectivity index (χ2v) is 16.7. The van der Waals surface area contributed by atoms with E-state index in [-0.39, 0.29) is 38.1 Å². The van der Waals surface area contributed by atoms with E-state index in [0.29, 0.717) is 46.6 Å². The van der Waals surface area contributed by atoms with E-state index in [1.807, 2.05) is 0 Å². The summed E-state index contributed by atoms with van der Waals surface area (Å²) in [6.45, 7) is 5.88. The summed E-state index contributed by atoms with van der Waals surface area (Å²) >= 11 is 13.5. The number of likely N-dealkylation sites (tertiary alicyclic amines) is 1. The lowest BCUT2D eigenvalue weighted by Gasteiger charge is -2.27. The fraction of sp³-hybridized carbons (Fsp3) is 0.333. The van der Waals surface area contributed by atoms with Crippen LogP contribution >= 0.6 is 45.9 Å². The third-order valence-electron chi connectivity index (χ3n) is 9.12. The average molecular weight is 948 g/mol. The van der Waals surface area contributed by atoms with E-state index in [4.69, 9.17) is 34.7 Å². The fourth-order valence-electron chi connectivity index (χ4n) is 5.61. The van der Waals surface area contributed by atoms with Crippen molar-refractivity contribution in [2.45, 2.75) is 70.4 Å². The maximum Gasteiger partial charge on any atom is 0.418 e. The largest absolute Gasteiger partial charge is 0.418 e. The van der Waals surface area contributed by atoms with Gasteiger partial charge in [-0.25, -0.2) is 29.7 Å². The molecule has 0 bridgehead atoms. The molecule has 0 aliphatic carbocycles. The van der Waals surface area contributed by atoms with Crippen molar-refractivity contribution in [3.8, 4) is 10.4 Å². The summed E-state index contributed by atoms with van der Waals surface area (Å²) in [6.07, 6.45) is -3.54. The van der Waals surface area contributed by atoms with E-state index in [2.05, 4.69) is 45.9 Å². The number of carbonyl (C=O) groups is 4. The zero-order valence-electron chi connectivity index (χ0n) is 32.6. The molecule has 5 aromatic heterocycles. The summed E-state index contributed by atoms with van der Waals surface area (Å²) in [7, 11) is 0. The van der Waals surface area contributed by atoms with Gasteiger partial charge in [0.1, 0.15) is 44.3 Å². The van der Waals surface area contributed by atoms with Crippen molar-refractivity contribution in [1.29, 1.82) is 0 Å². The molecule has 0 radical (unpaired) electrons. The summed E-state index contributed by atoms with van der Waals surface area (Å²) in [6, 6.07) is 1.84. The van der Waals surface area contributed by atoms with Crippen molar-refractivity contribution in [2.24, 2.45) is 5.73 Å². The molecule has 16 nitrogen and oxygen atoms in total. The minimum atomic E-state index is -4.71. The molecule has 1 saturated heterocycles. The van der Waals surface area contributed by atoms with Crippen molar-refractivity contribution >= 4 is 86.4 Å². The Morgan fingerprint density at radius 3 is 2.32 bits per heavy atom. The first-order valence-electron chi connectivity index (χ1n) is 17.8. The highest BCUT2D eigenvalue weighted by molar-refractivity contribution is 7.19. The first-order valence-corrected chi connectivity index (χ1v) is 20.2. The van der Waals surface area contributed by atoms with Crippen molar-refractivity contribution in [3.63, 3.8) is 0 Å². The molecule has 6 rings (SSSR count). The number of nitrogens with one attached hydrogen (secondary N) is 3. The smallest absolute Gasteiger partial charge is 0.382 e. The Kier molecular flexibility index (Phi) is 14.3. The Balaban J connectivity index is 0.000000235. The van der Waals surface area contributed by atoms with Crippen molar-refractivity contribution in [2.75, 3.05) is 22.9 Å². The van der Waals surface area contributed by atoms with Gasteiger partial charge in [-0.1, -0.05) is 34.5 Å². The lowest BCUT2D eigenvalue weighted by Crippen LogP contribution is -2.45. The molecule has 0 saturated carbocycles. The van der Waals surface area contributed by atoms with Crippen LogP contribution in [-0.4, -0.2) is 77.3 Å². The highest BCUT2D eigenvalue weighted by atomic mass is 35.5. The Bertz CT molecular complexity index is 2500. The molecule has 26 heteroatoms. The molecule has 1 aliphatic heterocycles. The number of anilines is 3. The number of aryl methyl sites for hydroxylation is 1. The third kappa shape index (κ3) is 10.8. The summed E-state index contributed by atoms with van der Waals surface area (Å²) in [5, 5.41) is 7.46. The molecule has 1 unspecified atom stereocenters. The first-order chi connectivity index (χ1) is 28.9. The molecule has 1 aliphatic rings. The lowest BCUT2D eigenvalue weighted by molar-refractivity contribution is -0.181. The minimum absolute atomic E-state index is 0.0582. The summed E-state index contributed by atoms with van der Waals surface area (Å²) in [5.74, 6) is -2.32. The topological polar surface area (TPSA) is 237 Å². The monoisotopic (exact) mass is 946 g/mol. The Morgan fingerprint density at radius 1 is 0.952 bits per heavy atom. The van der Waals surface area contributed by atoms with Crippen molar-refractivity contribution in [3.05, 3.63) is 85.7 Å². The second kappa shape index (κ2) is 18.7. The van der Waals surface area contributed by atoms with Crippen LogP contribution in [0.25, 0.3) is 10.4 Å². The van der Waals surface area contributed by atoms with Crippen LogP contribution in [0.4, 0.5) is 47.9 Å². The number of carbonyl (C=O) groups excluding carboxylic acids is 4. The van der Waals surface area contributed by atoms with Crippen LogP contribution in [0.2, 0.25) is 10.0 Å². The van der Waals surface area contributed by atoms with Crippen LogP contribution < -0.4 is 27.4 Å². The van der Waals surface area contributed by atoms with Gasteiger partial charge < -0.3 is 27.0 Å². The van der Waals surface area contributed by atoms with Crippen LogP contribution in [0, 0.1) is 6.92 Å². The molecule has 62 heavy (non-hydrogen) atoms. The number of primary amides is 1. The molecule has 0 spiro atoms. The van der Waals surface area contributed by atoms with Crippen LogP contribution in [0.1, 0.15) is 81.8 Å². The maximum absolute atomic E-state index is 13.4. The zero-order valence-corrected chi connectivity index (χ0v) is 35.7. The van der Waals surface area contributed by atoms with E-state index in [9.17, 15) is 45.5 Å². The summed E-state index contributed by atoms with van der Waals surface area (Å²) in [5.41, 5.74) is 8.51. The number of thiazole rings is 2. The Morgan fingerprint density at radius 2 is 1.66 bits per heavy atom. The molecule has 330 valence electrons. The molecular formula is C36H34Cl2F6N12O4S2. The highest BCUT2D eigenvalue weighted by Gasteiger charge is 2.49. The van der Waals surface area contributed by atoms with Crippen LogP contribution in [0.5, 0.6) is 0 Å². The van der Waals surface area contributed by atoms with E-state index in [1.54, 1.807) is 19.9 Å². The number of amides is 5. The quantitative estimate of drug-likeness (QED) is 0.0893. The van der Waals surface area contributed by atoms with Gasteiger partial charge in [-0.15, -0.1) is 11.3 Å². The van der Waals surface area contributed by atoms with Gasteiger partial charge in [-0.2, -0.15) is 26.3 Å². The summed E-state index contributed by atoms with van der Waals surface area (Å²) in [4.78, 5) is 74.3. The van der Waals surface area contributed by atoms with Gasteiger partial charge in [0.25, 0.3) is 11.8 Å². The van der Waals surface area contributed by atoms with Gasteiger partial charge in [0.2, 0.25) is 5.91 Å². The molecule has 0 aromatic carbocycles. The van der Waals surface area contributed by atoms with E-state index < -0.39 is 64.2 Å². The third-order valence-corrected chi connectivity index (χ3v) is 12.1. The normalized spacial score (nSPS) is 14.7. The SMILES string of the molecule is C[C@@H](NC(=O)c1ncnc(N)c1Cl)c1ncc(C(=O)Nc2cc(C(F)(F)F)c(Cl)cn2)s1.Cc1nc(NC(=O)N2CCCC2C(N)=O)sc1-c1ccnc(C(C)(C)C(F)(F)F)c1. The molecule has 1 fully saturated rings. The van der Waals surface area contributed by atoms with E-state index in [0.717, 1.165) is 49.0 Å². The van der Waals surface area contributed by atoms with Gasteiger partial charge >= 0.3 is 18.4 Å². The number of urea groups is 1. The van der Waals surface area contributed by atoms with Gasteiger partial charge in [0.15, 0.2) is 10.8 Å². The molecule has 2 atom stereocenters. The number of halogens is 8. The molecular weight excluding hydrogens is 914 g/mol. The van der Waals surface area contributed by atoms with Gasteiger partial charge in [0.05, 0.1) is 39.1 Å². The minimum Gasteiger partial charge on any atom is -0.382 e. The van der Waals surface area contributed by atoms with Crippen LogP contribution in [-0.2, 0) is 16.4 Å². The summed E-state index contributed by atoms with van der Waals surface area (Å²) < 4.78 is 79.0. The van der Waals surface area contributed by atoms with Crippen LogP contribution in [0.15, 0.2) is 43.1 Å².